The predicted molar refractivity (Wildman–Crippen MR) is 56.0 cm³/mol. The van der Waals surface area contributed by atoms with E-state index in [0.717, 1.165) is 6.54 Å². The fourth-order valence-corrected chi connectivity index (χ4v) is 1.15. The Hall–Kier alpha value is -0.900. The van der Waals surface area contributed by atoms with Crippen LogP contribution in [-0.2, 0) is 6.54 Å². The number of aryl methyl sites for hydroxylation is 1. The molecule has 0 heterocycles. The summed E-state index contributed by atoms with van der Waals surface area (Å²) < 4.78 is 0. The second-order valence-corrected chi connectivity index (χ2v) is 3.45. The van der Waals surface area contributed by atoms with Crippen LogP contribution in [0, 0.1) is 6.92 Å². The van der Waals surface area contributed by atoms with Gasteiger partial charge in [-0.25, -0.2) is 0 Å². The number of hydrogen-bond acceptors (Lipinski definition) is 3. The second-order valence-electron chi connectivity index (χ2n) is 3.45. The van der Waals surface area contributed by atoms with Crippen molar-refractivity contribution < 1.29 is 10.2 Å². The van der Waals surface area contributed by atoms with E-state index in [0.29, 0.717) is 6.54 Å². The summed E-state index contributed by atoms with van der Waals surface area (Å²) in [6.45, 7) is 3.00. The maximum Gasteiger partial charge on any atom is 0.0895 e. The first-order valence-electron chi connectivity index (χ1n) is 4.77. The van der Waals surface area contributed by atoms with Gasteiger partial charge in [-0.3, -0.25) is 0 Å². The lowest BCUT2D eigenvalue weighted by Gasteiger charge is -2.08. The largest absolute Gasteiger partial charge is 0.394 e. The summed E-state index contributed by atoms with van der Waals surface area (Å²) in [6.07, 6.45) is -0.666. The lowest BCUT2D eigenvalue weighted by Crippen LogP contribution is -2.28. The number of rotatable bonds is 5. The van der Waals surface area contributed by atoms with Crippen LogP contribution in [-0.4, -0.2) is 29.5 Å². The number of benzene rings is 1. The number of aliphatic hydroxyl groups excluding tert-OH is 2. The third-order valence-electron chi connectivity index (χ3n) is 2.04. The Morgan fingerprint density at radius 1 is 1.29 bits per heavy atom. The van der Waals surface area contributed by atoms with Crippen molar-refractivity contribution in [3.63, 3.8) is 0 Å². The highest BCUT2D eigenvalue weighted by atomic mass is 16.3. The molecule has 78 valence electrons. The van der Waals surface area contributed by atoms with Crippen LogP contribution >= 0.6 is 0 Å². The Morgan fingerprint density at radius 2 is 1.93 bits per heavy atom. The van der Waals surface area contributed by atoms with E-state index in [9.17, 15) is 0 Å². The molecule has 0 bridgehead atoms. The molecule has 3 nitrogen and oxygen atoms in total. The monoisotopic (exact) mass is 195 g/mol. The van der Waals surface area contributed by atoms with Gasteiger partial charge in [0.15, 0.2) is 0 Å². The third-order valence-corrected chi connectivity index (χ3v) is 2.04. The van der Waals surface area contributed by atoms with Gasteiger partial charge in [-0.15, -0.1) is 0 Å². The Bertz CT molecular complexity index is 258. The van der Waals surface area contributed by atoms with Crippen molar-refractivity contribution in [1.29, 1.82) is 0 Å². The topological polar surface area (TPSA) is 52.5 Å². The van der Waals surface area contributed by atoms with E-state index in [2.05, 4.69) is 17.4 Å². The fourth-order valence-electron chi connectivity index (χ4n) is 1.15. The van der Waals surface area contributed by atoms with E-state index in [1.54, 1.807) is 0 Å². The smallest absolute Gasteiger partial charge is 0.0895 e. The Morgan fingerprint density at radius 3 is 2.50 bits per heavy atom. The second kappa shape index (κ2) is 5.75. The molecule has 3 heteroatoms. The SMILES string of the molecule is Cc1ccc(CNCC(O)CO)cc1. The van der Waals surface area contributed by atoms with E-state index < -0.39 is 6.10 Å². The van der Waals surface area contributed by atoms with Crippen molar-refractivity contribution in [2.75, 3.05) is 13.2 Å². The van der Waals surface area contributed by atoms with Gasteiger partial charge in [0, 0.05) is 13.1 Å². The predicted octanol–water partition coefficient (Wildman–Crippen LogP) is 0.438. The molecule has 1 rings (SSSR count). The summed E-state index contributed by atoms with van der Waals surface area (Å²) in [5.74, 6) is 0. The van der Waals surface area contributed by atoms with Gasteiger partial charge in [-0.1, -0.05) is 29.8 Å². The van der Waals surface area contributed by atoms with E-state index in [4.69, 9.17) is 10.2 Å². The average Bonchev–Trinajstić information content (AvgIpc) is 2.21. The van der Waals surface area contributed by atoms with Gasteiger partial charge in [0.05, 0.1) is 12.7 Å². The number of nitrogens with one attached hydrogen (secondary N) is 1. The molecule has 0 amide bonds. The van der Waals surface area contributed by atoms with Gasteiger partial charge in [0.1, 0.15) is 0 Å². The van der Waals surface area contributed by atoms with Gasteiger partial charge in [-0.05, 0) is 12.5 Å². The first kappa shape index (κ1) is 11.2. The zero-order valence-electron chi connectivity index (χ0n) is 8.40. The lowest BCUT2D eigenvalue weighted by atomic mass is 10.1. The molecular weight excluding hydrogens is 178 g/mol. The van der Waals surface area contributed by atoms with E-state index >= 15 is 0 Å². The summed E-state index contributed by atoms with van der Waals surface area (Å²) in [4.78, 5) is 0. The molecular formula is C11H17NO2. The summed E-state index contributed by atoms with van der Waals surface area (Å²) >= 11 is 0. The summed E-state index contributed by atoms with van der Waals surface area (Å²) in [7, 11) is 0. The van der Waals surface area contributed by atoms with Crippen LogP contribution < -0.4 is 5.32 Å². The molecule has 14 heavy (non-hydrogen) atoms. The van der Waals surface area contributed by atoms with Crippen molar-refractivity contribution in [1.82, 2.24) is 5.32 Å². The summed E-state index contributed by atoms with van der Waals surface area (Å²) in [5, 5.41) is 20.7. The van der Waals surface area contributed by atoms with Gasteiger partial charge < -0.3 is 15.5 Å². The molecule has 0 saturated carbocycles. The number of aliphatic hydroxyl groups is 2. The van der Waals surface area contributed by atoms with Crippen LogP contribution in [0.2, 0.25) is 0 Å². The van der Waals surface area contributed by atoms with Crippen LogP contribution in [0.3, 0.4) is 0 Å². The van der Waals surface area contributed by atoms with Crippen LogP contribution in [0.25, 0.3) is 0 Å². The van der Waals surface area contributed by atoms with E-state index in [1.165, 1.54) is 11.1 Å². The maximum absolute atomic E-state index is 9.07. The Kier molecular flexibility index (Phi) is 4.59. The molecule has 0 aliphatic carbocycles. The van der Waals surface area contributed by atoms with Crippen LogP contribution in [0.15, 0.2) is 24.3 Å². The number of hydrogen-bond donors (Lipinski definition) is 3. The van der Waals surface area contributed by atoms with Gasteiger partial charge in [-0.2, -0.15) is 0 Å². The molecule has 0 radical (unpaired) electrons. The van der Waals surface area contributed by atoms with Crippen molar-refractivity contribution in [3.05, 3.63) is 35.4 Å². The standard InChI is InChI=1S/C11H17NO2/c1-9-2-4-10(5-3-9)6-12-7-11(14)8-13/h2-5,11-14H,6-8H2,1H3. The summed E-state index contributed by atoms with van der Waals surface area (Å²) in [6, 6.07) is 8.21. The molecule has 0 spiro atoms. The minimum absolute atomic E-state index is 0.194. The van der Waals surface area contributed by atoms with Crippen molar-refractivity contribution in [3.8, 4) is 0 Å². The van der Waals surface area contributed by atoms with Crippen molar-refractivity contribution in [2.24, 2.45) is 0 Å². The molecule has 0 aliphatic rings. The zero-order valence-corrected chi connectivity index (χ0v) is 8.40. The zero-order chi connectivity index (χ0) is 10.4. The van der Waals surface area contributed by atoms with Gasteiger partial charge in [0.2, 0.25) is 0 Å². The van der Waals surface area contributed by atoms with Crippen LogP contribution in [0.4, 0.5) is 0 Å². The normalized spacial score (nSPS) is 12.8. The highest BCUT2D eigenvalue weighted by Gasteiger charge is 2.00. The fraction of sp³-hybridized carbons (Fsp3) is 0.455. The molecule has 1 aromatic rings. The van der Waals surface area contributed by atoms with E-state index in [-0.39, 0.29) is 6.61 Å². The maximum atomic E-state index is 9.07. The first-order chi connectivity index (χ1) is 6.72. The highest BCUT2D eigenvalue weighted by molar-refractivity contribution is 5.20. The summed E-state index contributed by atoms with van der Waals surface area (Å²) in [5.41, 5.74) is 2.42. The van der Waals surface area contributed by atoms with Gasteiger partial charge in [0.25, 0.3) is 0 Å². The lowest BCUT2D eigenvalue weighted by molar-refractivity contribution is 0.0942. The van der Waals surface area contributed by atoms with Crippen molar-refractivity contribution in [2.45, 2.75) is 19.6 Å². The molecule has 1 atom stereocenters. The van der Waals surface area contributed by atoms with Crippen LogP contribution in [0.1, 0.15) is 11.1 Å². The third kappa shape index (κ3) is 3.87. The molecule has 0 aliphatic heterocycles. The molecule has 1 aromatic carbocycles. The minimum Gasteiger partial charge on any atom is -0.394 e. The Labute approximate surface area is 84.4 Å². The van der Waals surface area contributed by atoms with Crippen LogP contribution in [0.5, 0.6) is 0 Å². The van der Waals surface area contributed by atoms with Gasteiger partial charge >= 0.3 is 0 Å². The highest BCUT2D eigenvalue weighted by Crippen LogP contribution is 2.02. The Balaban J connectivity index is 2.28. The average molecular weight is 195 g/mol. The van der Waals surface area contributed by atoms with E-state index in [1.807, 2.05) is 19.1 Å². The molecule has 0 fully saturated rings. The van der Waals surface area contributed by atoms with Crippen molar-refractivity contribution >= 4 is 0 Å². The first-order valence-corrected chi connectivity index (χ1v) is 4.77. The molecule has 3 N–H and O–H groups in total. The quantitative estimate of drug-likeness (QED) is 0.639. The minimum atomic E-state index is -0.666. The molecule has 0 aromatic heterocycles. The molecule has 1 unspecified atom stereocenters. The molecule has 0 saturated heterocycles.